The second-order valence-corrected chi connectivity index (χ2v) is 7.36. The molecule has 2 aromatic carbocycles. The highest BCUT2D eigenvalue weighted by atomic mass is 35.5. The highest BCUT2D eigenvalue weighted by Crippen LogP contribution is 2.29. The first kappa shape index (κ1) is 21.5. The number of hydrogen-bond donors (Lipinski definition) is 1. The fourth-order valence-corrected chi connectivity index (χ4v) is 3.24. The number of para-hydroxylation sites is 1. The van der Waals surface area contributed by atoms with Gasteiger partial charge in [0.25, 0.3) is 0 Å². The molecule has 0 bridgehead atoms. The molecule has 2 aromatic rings. The van der Waals surface area contributed by atoms with Crippen LogP contribution in [0.25, 0.3) is 0 Å². The lowest BCUT2D eigenvalue weighted by Gasteiger charge is -2.21. The molecule has 27 heavy (non-hydrogen) atoms. The van der Waals surface area contributed by atoms with Gasteiger partial charge in [-0.1, -0.05) is 53.0 Å². The van der Waals surface area contributed by atoms with E-state index in [1.165, 1.54) is 4.90 Å². The average Bonchev–Trinajstić information content (AvgIpc) is 2.63. The summed E-state index contributed by atoms with van der Waals surface area (Å²) in [4.78, 5) is 26.3. The fraction of sp³-hybridized carbons (Fsp3) is 0.300. The van der Waals surface area contributed by atoms with Crippen LogP contribution in [0, 0.1) is 6.92 Å². The van der Waals surface area contributed by atoms with Gasteiger partial charge in [0.2, 0.25) is 11.8 Å². The van der Waals surface area contributed by atoms with Crippen molar-refractivity contribution in [3.05, 3.63) is 62.6 Å². The van der Waals surface area contributed by atoms with E-state index in [4.69, 9.17) is 34.8 Å². The van der Waals surface area contributed by atoms with E-state index in [9.17, 15) is 9.59 Å². The second-order valence-electron chi connectivity index (χ2n) is 6.14. The number of nitrogens with one attached hydrogen (secondary N) is 1. The minimum absolute atomic E-state index is 0.0639. The molecule has 0 aliphatic rings. The maximum Gasteiger partial charge on any atom is 0.244 e. The molecule has 0 aliphatic carbocycles. The first-order valence-electron chi connectivity index (χ1n) is 8.58. The molecule has 0 unspecified atom stereocenters. The van der Waals surface area contributed by atoms with Crippen LogP contribution in [-0.2, 0) is 16.0 Å². The number of nitrogens with zero attached hydrogens (tertiary/aromatic N) is 1. The number of benzene rings is 2. The average molecular weight is 428 g/mol. The summed E-state index contributed by atoms with van der Waals surface area (Å²) in [5.41, 5.74) is 2.34. The first-order valence-corrected chi connectivity index (χ1v) is 9.71. The maximum atomic E-state index is 12.5. The third-order valence-electron chi connectivity index (χ3n) is 4.16. The van der Waals surface area contributed by atoms with E-state index >= 15 is 0 Å². The largest absolute Gasteiger partial charge is 0.334 e. The lowest BCUT2D eigenvalue weighted by atomic mass is 10.1. The minimum atomic E-state index is -0.349. The Bertz CT molecular complexity index is 820. The van der Waals surface area contributed by atoms with Gasteiger partial charge in [-0.25, -0.2) is 0 Å². The molecule has 0 saturated carbocycles. The zero-order valence-electron chi connectivity index (χ0n) is 15.2. The van der Waals surface area contributed by atoms with E-state index in [-0.39, 0.29) is 18.4 Å². The third kappa shape index (κ3) is 6.13. The number of hydrogen-bond acceptors (Lipinski definition) is 2. The summed E-state index contributed by atoms with van der Waals surface area (Å²) < 4.78 is 0. The number of amides is 2. The van der Waals surface area contributed by atoms with E-state index in [1.54, 1.807) is 18.2 Å². The summed E-state index contributed by atoms with van der Waals surface area (Å²) in [5, 5.41) is 4.05. The number of carbonyl (C=O) groups excluding carboxylic acids is 2. The molecular weight excluding hydrogens is 407 g/mol. The van der Waals surface area contributed by atoms with Gasteiger partial charge < -0.3 is 10.2 Å². The Hall–Kier alpha value is -1.75. The van der Waals surface area contributed by atoms with Crippen molar-refractivity contribution < 1.29 is 9.59 Å². The van der Waals surface area contributed by atoms with Crippen molar-refractivity contribution in [1.29, 1.82) is 0 Å². The van der Waals surface area contributed by atoms with Gasteiger partial charge in [-0.05, 0) is 49.6 Å². The van der Waals surface area contributed by atoms with Crippen molar-refractivity contribution in [3.8, 4) is 0 Å². The molecule has 0 saturated heterocycles. The number of carbonyl (C=O) groups is 2. The number of likely N-dealkylation sites (N-methyl/N-ethyl adjacent to an activating group) is 1. The van der Waals surface area contributed by atoms with Gasteiger partial charge in [-0.15, -0.1) is 0 Å². The Kier molecular flexibility index (Phi) is 7.96. The molecular formula is C20H21Cl3N2O2. The normalized spacial score (nSPS) is 10.6. The van der Waals surface area contributed by atoms with Gasteiger partial charge in [-0.3, -0.25) is 9.59 Å². The SMILES string of the molecule is CCN(CC(=O)Nc1c(Cl)cccc1Cl)C(=O)CCc1ccc(C)c(Cl)c1. The Morgan fingerprint density at radius 1 is 1.04 bits per heavy atom. The monoisotopic (exact) mass is 426 g/mol. The summed E-state index contributed by atoms with van der Waals surface area (Å²) in [5.74, 6) is -0.451. The van der Waals surface area contributed by atoms with E-state index < -0.39 is 0 Å². The molecule has 2 amide bonds. The number of halogens is 3. The Labute approximate surface area is 174 Å². The molecule has 1 N–H and O–H groups in total. The lowest BCUT2D eigenvalue weighted by Crippen LogP contribution is -2.38. The van der Waals surface area contributed by atoms with Crippen LogP contribution >= 0.6 is 34.8 Å². The van der Waals surface area contributed by atoms with Crippen molar-refractivity contribution in [3.63, 3.8) is 0 Å². The maximum absolute atomic E-state index is 12.5. The Balaban J connectivity index is 1.94. The third-order valence-corrected chi connectivity index (χ3v) is 5.20. The van der Waals surface area contributed by atoms with Gasteiger partial charge >= 0.3 is 0 Å². The molecule has 0 fully saturated rings. The molecule has 4 nitrogen and oxygen atoms in total. The highest BCUT2D eigenvalue weighted by Gasteiger charge is 2.17. The molecule has 0 radical (unpaired) electrons. The van der Waals surface area contributed by atoms with Crippen LogP contribution in [0.15, 0.2) is 36.4 Å². The molecule has 0 heterocycles. The standard InChI is InChI=1S/C20H21Cl3N2O2/c1-3-25(12-18(26)24-20-15(21)5-4-6-16(20)22)19(27)10-9-14-8-7-13(2)17(23)11-14/h4-8,11H,3,9-10,12H2,1-2H3,(H,24,26). The van der Waals surface area contributed by atoms with Crippen LogP contribution in [0.3, 0.4) is 0 Å². The smallest absolute Gasteiger partial charge is 0.244 e. The first-order chi connectivity index (χ1) is 12.8. The zero-order chi connectivity index (χ0) is 20.0. The lowest BCUT2D eigenvalue weighted by molar-refractivity contribution is -0.134. The topological polar surface area (TPSA) is 49.4 Å². The van der Waals surface area contributed by atoms with Crippen molar-refractivity contribution >= 4 is 52.3 Å². The van der Waals surface area contributed by atoms with Gasteiger partial charge in [0.1, 0.15) is 0 Å². The molecule has 144 valence electrons. The molecule has 0 spiro atoms. The fourth-order valence-electron chi connectivity index (χ4n) is 2.55. The number of rotatable bonds is 7. The van der Waals surface area contributed by atoms with Crippen LogP contribution in [0.1, 0.15) is 24.5 Å². The van der Waals surface area contributed by atoms with Gasteiger partial charge in [0, 0.05) is 18.0 Å². The summed E-state index contributed by atoms with van der Waals surface area (Å²) >= 11 is 18.2. The molecule has 0 aliphatic heterocycles. The van der Waals surface area contributed by atoms with Crippen LogP contribution in [0.2, 0.25) is 15.1 Å². The summed E-state index contributed by atoms with van der Waals surface area (Å²) in [7, 11) is 0. The Morgan fingerprint density at radius 2 is 1.70 bits per heavy atom. The van der Waals surface area contributed by atoms with E-state index in [0.29, 0.717) is 40.1 Å². The number of anilines is 1. The van der Waals surface area contributed by atoms with Crippen LogP contribution in [0.4, 0.5) is 5.69 Å². The summed E-state index contributed by atoms with van der Waals surface area (Å²) in [6.07, 6.45) is 0.862. The molecule has 7 heteroatoms. The zero-order valence-corrected chi connectivity index (χ0v) is 17.5. The number of aryl methyl sites for hydroxylation is 2. The predicted molar refractivity (Wildman–Crippen MR) is 112 cm³/mol. The van der Waals surface area contributed by atoms with Crippen LogP contribution < -0.4 is 5.32 Å². The van der Waals surface area contributed by atoms with E-state index in [1.807, 2.05) is 32.0 Å². The molecule has 2 rings (SSSR count). The van der Waals surface area contributed by atoms with Crippen molar-refractivity contribution in [1.82, 2.24) is 4.90 Å². The van der Waals surface area contributed by atoms with Crippen molar-refractivity contribution in [2.24, 2.45) is 0 Å². The van der Waals surface area contributed by atoms with Gasteiger partial charge in [-0.2, -0.15) is 0 Å². The predicted octanol–water partition coefficient (Wildman–Crippen LogP) is 5.38. The summed E-state index contributed by atoms with van der Waals surface area (Å²) in [6, 6.07) is 10.7. The second kappa shape index (κ2) is 9.98. The quantitative estimate of drug-likeness (QED) is 0.645. The molecule has 0 atom stereocenters. The molecule has 0 aromatic heterocycles. The van der Waals surface area contributed by atoms with Crippen molar-refractivity contribution in [2.45, 2.75) is 26.7 Å². The minimum Gasteiger partial charge on any atom is -0.334 e. The van der Waals surface area contributed by atoms with Crippen LogP contribution in [0.5, 0.6) is 0 Å². The van der Waals surface area contributed by atoms with Crippen LogP contribution in [-0.4, -0.2) is 29.8 Å². The van der Waals surface area contributed by atoms with E-state index in [2.05, 4.69) is 5.32 Å². The van der Waals surface area contributed by atoms with Gasteiger partial charge in [0.05, 0.1) is 22.3 Å². The summed E-state index contributed by atoms with van der Waals surface area (Å²) in [6.45, 7) is 4.12. The van der Waals surface area contributed by atoms with Gasteiger partial charge in [0.15, 0.2) is 0 Å². The van der Waals surface area contributed by atoms with E-state index in [0.717, 1.165) is 11.1 Å². The van der Waals surface area contributed by atoms with Crippen molar-refractivity contribution in [2.75, 3.05) is 18.4 Å². The Morgan fingerprint density at radius 3 is 2.30 bits per heavy atom. The highest BCUT2D eigenvalue weighted by molar-refractivity contribution is 6.39.